The van der Waals surface area contributed by atoms with Crippen molar-refractivity contribution in [3.8, 4) is 0 Å². The molecule has 0 spiro atoms. The van der Waals surface area contributed by atoms with Crippen LogP contribution in [0.4, 0.5) is 0 Å². The highest BCUT2D eigenvalue weighted by molar-refractivity contribution is 9.10. The molecule has 0 fully saturated rings. The van der Waals surface area contributed by atoms with Crippen molar-refractivity contribution < 1.29 is 0 Å². The zero-order valence-corrected chi connectivity index (χ0v) is 13.2. The van der Waals surface area contributed by atoms with Crippen LogP contribution in [0.15, 0.2) is 47.2 Å². The van der Waals surface area contributed by atoms with Gasteiger partial charge in [-0.2, -0.15) is 0 Å². The van der Waals surface area contributed by atoms with Crippen LogP contribution in [0.1, 0.15) is 25.0 Å². The van der Waals surface area contributed by atoms with Gasteiger partial charge in [0.05, 0.1) is 0 Å². The third-order valence-electron chi connectivity index (χ3n) is 2.95. The molecule has 3 heteroatoms. The molecule has 0 amide bonds. The Bertz CT molecular complexity index is 517. The van der Waals surface area contributed by atoms with E-state index in [0.29, 0.717) is 5.92 Å². The average molecular weight is 321 g/mol. The Hall–Kier alpha value is -1.06. The first-order valence-electron chi connectivity index (χ1n) is 6.73. The second-order valence-electron chi connectivity index (χ2n) is 5.35. The highest BCUT2D eigenvalue weighted by Crippen LogP contribution is 2.13. The molecule has 1 aromatic heterocycles. The Balaban J connectivity index is 1.90. The molecule has 2 rings (SSSR count). The van der Waals surface area contributed by atoms with Gasteiger partial charge in [0.15, 0.2) is 0 Å². The summed E-state index contributed by atoms with van der Waals surface area (Å²) in [5, 5.41) is 3.47. The zero-order chi connectivity index (χ0) is 13.7. The van der Waals surface area contributed by atoms with E-state index >= 15 is 0 Å². The largest absolute Gasteiger partial charge is 0.350 e. The Kier molecular flexibility index (Phi) is 5.23. The van der Waals surface area contributed by atoms with E-state index < -0.39 is 0 Å². The van der Waals surface area contributed by atoms with Crippen LogP contribution in [-0.2, 0) is 13.1 Å². The number of nitrogens with one attached hydrogen (secondary N) is 1. The lowest BCUT2D eigenvalue weighted by Gasteiger charge is -2.06. The van der Waals surface area contributed by atoms with E-state index in [1.807, 2.05) is 0 Å². The summed E-state index contributed by atoms with van der Waals surface area (Å²) in [7, 11) is 0. The number of hydrogen-bond donors (Lipinski definition) is 1. The lowest BCUT2D eigenvalue weighted by molar-refractivity contribution is 0.552. The minimum Gasteiger partial charge on any atom is -0.350 e. The fraction of sp³-hybridized carbons (Fsp3) is 0.375. The van der Waals surface area contributed by atoms with Gasteiger partial charge in [0.25, 0.3) is 0 Å². The molecule has 2 nitrogen and oxygen atoms in total. The standard InChI is InChI=1S/C16H21BrN2/c1-13(2)9-18-10-15-6-7-19(12-15)11-14-4-3-5-16(17)8-14/h3-8,12-13,18H,9-11H2,1-2H3. The topological polar surface area (TPSA) is 17.0 Å². The van der Waals surface area contributed by atoms with E-state index in [4.69, 9.17) is 0 Å². The summed E-state index contributed by atoms with van der Waals surface area (Å²) in [6.45, 7) is 7.39. The molecule has 0 bridgehead atoms. The minimum absolute atomic E-state index is 0.698. The molecule has 0 aliphatic carbocycles. The van der Waals surface area contributed by atoms with E-state index in [1.54, 1.807) is 0 Å². The number of halogens is 1. The molecule has 0 aliphatic rings. The van der Waals surface area contributed by atoms with E-state index in [2.05, 4.69) is 82.4 Å². The van der Waals surface area contributed by atoms with E-state index in [1.165, 1.54) is 11.1 Å². The second-order valence-corrected chi connectivity index (χ2v) is 6.26. The molecule has 2 aromatic rings. The van der Waals surface area contributed by atoms with Crippen molar-refractivity contribution in [2.45, 2.75) is 26.9 Å². The molecule has 0 atom stereocenters. The smallest absolute Gasteiger partial charge is 0.0470 e. The average Bonchev–Trinajstić information content (AvgIpc) is 2.76. The maximum Gasteiger partial charge on any atom is 0.0470 e. The van der Waals surface area contributed by atoms with Crippen molar-refractivity contribution in [3.05, 3.63) is 58.3 Å². The summed E-state index contributed by atoms with van der Waals surface area (Å²) in [4.78, 5) is 0. The maximum atomic E-state index is 3.51. The van der Waals surface area contributed by atoms with E-state index in [9.17, 15) is 0 Å². The molecule has 1 aromatic carbocycles. The van der Waals surface area contributed by atoms with Crippen molar-refractivity contribution in [1.29, 1.82) is 0 Å². The first-order valence-corrected chi connectivity index (χ1v) is 7.52. The van der Waals surface area contributed by atoms with Gasteiger partial charge in [-0.1, -0.05) is 41.9 Å². The number of nitrogens with zero attached hydrogens (tertiary/aromatic N) is 1. The van der Waals surface area contributed by atoms with Gasteiger partial charge in [-0.25, -0.2) is 0 Å². The third-order valence-corrected chi connectivity index (χ3v) is 3.44. The van der Waals surface area contributed by atoms with Crippen LogP contribution >= 0.6 is 15.9 Å². The Labute approximate surface area is 124 Å². The van der Waals surface area contributed by atoms with Crippen LogP contribution in [0.3, 0.4) is 0 Å². The normalized spacial score (nSPS) is 11.2. The second kappa shape index (κ2) is 6.92. The zero-order valence-electron chi connectivity index (χ0n) is 11.6. The van der Waals surface area contributed by atoms with Crippen molar-refractivity contribution >= 4 is 15.9 Å². The van der Waals surface area contributed by atoms with Crippen molar-refractivity contribution in [3.63, 3.8) is 0 Å². The first-order chi connectivity index (χ1) is 9.13. The molecule has 0 radical (unpaired) electrons. The monoisotopic (exact) mass is 320 g/mol. The maximum absolute atomic E-state index is 3.51. The van der Waals surface area contributed by atoms with E-state index in [0.717, 1.165) is 24.1 Å². The van der Waals surface area contributed by atoms with Gasteiger partial charge in [0, 0.05) is 30.0 Å². The molecule has 102 valence electrons. The molecule has 0 unspecified atom stereocenters. The summed E-state index contributed by atoms with van der Waals surface area (Å²) >= 11 is 3.51. The first kappa shape index (κ1) is 14.4. The highest BCUT2D eigenvalue weighted by Gasteiger charge is 2.00. The molecular weight excluding hydrogens is 300 g/mol. The fourth-order valence-corrected chi connectivity index (χ4v) is 2.49. The molecule has 0 aliphatic heterocycles. The van der Waals surface area contributed by atoms with Crippen molar-refractivity contribution in [2.24, 2.45) is 5.92 Å². The van der Waals surface area contributed by atoms with Crippen LogP contribution in [-0.4, -0.2) is 11.1 Å². The van der Waals surface area contributed by atoms with Gasteiger partial charge < -0.3 is 9.88 Å². The molecule has 1 N–H and O–H groups in total. The van der Waals surface area contributed by atoms with Gasteiger partial charge >= 0.3 is 0 Å². The molecular formula is C16H21BrN2. The molecule has 1 heterocycles. The molecule has 0 saturated heterocycles. The fourth-order valence-electron chi connectivity index (χ4n) is 2.04. The summed E-state index contributed by atoms with van der Waals surface area (Å²) in [6, 6.07) is 10.6. The van der Waals surface area contributed by atoms with Crippen LogP contribution < -0.4 is 5.32 Å². The highest BCUT2D eigenvalue weighted by atomic mass is 79.9. The number of hydrogen-bond acceptors (Lipinski definition) is 1. The van der Waals surface area contributed by atoms with Gasteiger partial charge in [0.2, 0.25) is 0 Å². The summed E-state index contributed by atoms with van der Waals surface area (Å²) in [5.41, 5.74) is 2.65. The predicted octanol–water partition coefficient (Wildman–Crippen LogP) is 4.04. The minimum atomic E-state index is 0.698. The van der Waals surface area contributed by atoms with Gasteiger partial charge in [0.1, 0.15) is 0 Å². The lowest BCUT2D eigenvalue weighted by Crippen LogP contribution is -2.18. The quantitative estimate of drug-likeness (QED) is 0.849. The van der Waals surface area contributed by atoms with Gasteiger partial charge in [-0.05, 0) is 41.8 Å². The number of benzene rings is 1. The van der Waals surface area contributed by atoms with Crippen molar-refractivity contribution in [1.82, 2.24) is 9.88 Å². The van der Waals surface area contributed by atoms with Crippen LogP contribution in [0, 0.1) is 5.92 Å². The predicted molar refractivity (Wildman–Crippen MR) is 84.2 cm³/mol. The Morgan fingerprint density at radius 3 is 2.79 bits per heavy atom. The van der Waals surface area contributed by atoms with Gasteiger partial charge in [-0.15, -0.1) is 0 Å². The summed E-state index contributed by atoms with van der Waals surface area (Å²) in [6.07, 6.45) is 4.36. The van der Waals surface area contributed by atoms with Crippen molar-refractivity contribution in [2.75, 3.05) is 6.54 Å². The number of aromatic nitrogens is 1. The van der Waals surface area contributed by atoms with E-state index in [-0.39, 0.29) is 0 Å². The van der Waals surface area contributed by atoms with Crippen LogP contribution in [0.2, 0.25) is 0 Å². The number of rotatable bonds is 6. The molecule has 0 saturated carbocycles. The Morgan fingerprint density at radius 2 is 2.05 bits per heavy atom. The Morgan fingerprint density at radius 1 is 1.21 bits per heavy atom. The SMILES string of the molecule is CC(C)CNCc1ccn(Cc2cccc(Br)c2)c1. The van der Waals surface area contributed by atoms with Crippen LogP contribution in [0.5, 0.6) is 0 Å². The summed E-state index contributed by atoms with van der Waals surface area (Å²) in [5.74, 6) is 0.698. The lowest BCUT2D eigenvalue weighted by atomic mass is 10.2. The van der Waals surface area contributed by atoms with Crippen LogP contribution in [0.25, 0.3) is 0 Å². The van der Waals surface area contributed by atoms with Gasteiger partial charge in [-0.3, -0.25) is 0 Å². The summed E-state index contributed by atoms with van der Waals surface area (Å²) < 4.78 is 3.37. The third kappa shape index (κ3) is 4.84. The molecule has 19 heavy (non-hydrogen) atoms.